The molecule has 1 fully saturated rings. The third-order valence-electron chi connectivity index (χ3n) is 5.14. The van der Waals surface area contributed by atoms with Crippen molar-refractivity contribution in [3.63, 3.8) is 0 Å². The summed E-state index contributed by atoms with van der Waals surface area (Å²) < 4.78 is 0. The van der Waals surface area contributed by atoms with Gasteiger partial charge in [-0.2, -0.15) is 0 Å². The fourth-order valence-electron chi connectivity index (χ4n) is 3.73. The first-order chi connectivity index (χ1) is 14.0. The predicted molar refractivity (Wildman–Crippen MR) is 108 cm³/mol. The third kappa shape index (κ3) is 3.63. The van der Waals surface area contributed by atoms with Crippen molar-refractivity contribution < 1.29 is 19.2 Å². The summed E-state index contributed by atoms with van der Waals surface area (Å²) in [5, 5.41) is 2.89. The summed E-state index contributed by atoms with van der Waals surface area (Å²) in [4.78, 5) is 55.4. The van der Waals surface area contributed by atoms with Gasteiger partial charge in [0.2, 0.25) is 17.7 Å². The number of ketones is 1. The quantitative estimate of drug-likeness (QED) is 0.465. The molecule has 0 saturated carbocycles. The molecule has 4 rings (SSSR count). The first kappa shape index (κ1) is 19.2. The molecule has 2 atom stereocenters. The molecule has 1 aromatic heterocycles. The number of likely N-dealkylation sites (tertiary alicyclic amines) is 1. The maximum absolute atomic E-state index is 12.5. The molecule has 2 aromatic rings. The Labute approximate surface area is 171 Å². The van der Waals surface area contributed by atoms with E-state index in [-0.39, 0.29) is 41.1 Å². The molecule has 0 bridgehead atoms. The number of nitrogens with zero attached hydrogens (tertiary/aromatic N) is 2. The van der Waals surface area contributed by atoms with Gasteiger partial charge < -0.3 is 5.32 Å². The van der Waals surface area contributed by atoms with E-state index in [1.807, 2.05) is 42.5 Å². The number of aromatic nitrogens is 1. The summed E-state index contributed by atoms with van der Waals surface area (Å²) in [6.07, 6.45) is 4.87. The van der Waals surface area contributed by atoms with Gasteiger partial charge in [-0.15, -0.1) is 0 Å². The van der Waals surface area contributed by atoms with Crippen LogP contribution in [0.1, 0.15) is 29.4 Å². The Morgan fingerprint density at radius 3 is 2.31 bits per heavy atom. The molecular weight excluding hydrogens is 390 g/mol. The van der Waals surface area contributed by atoms with Gasteiger partial charge in [0.25, 0.3) is 0 Å². The van der Waals surface area contributed by atoms with Crippen LogP contribution in [0.25, 0.3) is 11.3 Å². The second-order valence-corrected chi connectivity index (χ2v) is 8.08. The second-order valence-electron chi connectivity index (χ2n) is 7.09. The Balaban J connectivity index is 1.50. The smallest absolute Gasteiger partial charge is 0.246 e. The molecule has 1 saturated heterocycles. The van der Waals surface area contributed by atoms with Crippen LogP contribution in [-0.2, 0) is 14.4 Å². The highest BCUT2D eigenvalue weighted by atomic mass is 32.1. The highest BCUT2D eigenvalue weighted by molar-refractivity contribution is 7.18. The molecule has 0 unspecified atom stereocenters. The number of fused-ring (bicyclic) bond motifs is 1. The average Bonchev–Trinajstić information content (AvgIpc) is 3.24. The van der Waals surface area contributed by atoms with Crippen molar-refractivity contribution in [2.45, 2.75) is 19.8 Å². The van der Waals surface area contributed by atoms with E-state index in [2.05, 4.69) is 10.3 Å². The van der Waals surface area contributed by atoms with E-state index in [1.165, 1.54) is 6.92 Å². The van der Waals surface area contributed by atoms with Gasteiger partial charge in [-0.3, -0.25) is 24.1 Å². The minimum Gasteiger partial charge on any atom is -0.300 e. The Kier molecular flexibility index (Phi) is 5.10. The standard InChI is InChI=1S/C21H19N3O4S/c1-12(25)18-17(13-7-3-2-4-8-13)23-21(29-18)22-16(26)11-24-19(27)14-9-5-6-10-15(14)20(24)28/h2-8,14-15H,9-11H2,1H3,(H,22,23,26)/t14-,15-/m0/s1. The Morgan fingerprint density at radius 1 is 1.10 bits per heavy atom. The van der Waals surface area contributed by atoms with Gasteiger partial charge in [0.05, 0.1) is 22.4 Å². The Bertz CT molecular complexity index is 1000. The number of benzene rings is 1. The zero-order valence-corrected chi connectivity index (χ0v) is 16.6. The fraction of sp³-hybridized carbons (Fsp3) is 0.286. The van der Waals surface area contributed by atoms with Crippen LogP contribution in [0.4, 0.5) is 5.13 Å². The summed E-state index contributed by atoms with van der Waals surface area (Å²) >= 11 is 1.08. The molecule has 1 aliphatic heterocycles. The van der Waals surface area contributed by atoms with Crippen molar-refractivity contribution in [2.75, 3.05) is 11.9 Å². The van der Waals surface area contributed by atoms with Gasteiger partial charge in [-0.25, -0.2) is 4.98 Å². The fourth-order valence-corrected chi connectivity index (χ4v) is 4.63. The summed E-state index contributed by atoms with van der Waals surface area (Å²) in [5.74, 6) is -1.99. The minimum absolute atomic E-state index is 0.150. The van der Waals surface area contributed by atoms with E-state index in [9.17, 15) is 19.2 Å². The van der Waals surface area contributed by atoms with Crippen LogP contribution in [0, 0.1) is 11.8 Å². The van der Waals surface area contributed by atoms with Crippen LogP contribution in [0.15, 0.2) is 42.5 Å². The highest BCUT2D eigenvalue weighted by Gasteiger charge is 2.47. The maximum atomic E-state index is 12.5. The van der Waals surface area contributed by atoms with Crippen molar-refractivity contribution in [3.05, 3.63) is 47.4 Å². The third-order valence-corrected chi connectivity index (χ3v) is 6.21. The summed E-state index contributed by atoms with van der Waals surface area (Å²) in [6, 6.07) is 9.23. The number of nitrogens with one attached hydrogen (secondary N) is 1. The highest BCUT2D eigenvalue weighted by Crippen LogP contribution is 2.35. The monoisotopic (exact) mass is 409 g/mol. The number of hydrogen-bond donors (Lipinski definition) is 1. The summed E-state index contributed by atoms with van der Waals surface area (Å²) in [6.45, 7) is 1.10. The summed E-state index contributed by atoms with van der Waals surface area (Å²) in [5.41, 5.74) is 1.28. The van der Waals surface area contributed by atoms with Crippen LogP contribution in [-0.4, -0.2) is 39.9 Å². The number of imide groups is 1. The van der Waals surface area contributed by atoms with Crippen LogP contribution >= 0.6 is 11.3 Å². The average molecular weight is 409 g/mol. The maximum Gasteiger partial charge on any atom is 0.246 e. The van der Waals surface area contributed by atoms with E-state index < -0.39 is 5.91 Å². The molecule has 1 aromatic carbocycles. The second kappa shape index (κ2) is 7.71. The largest absolute Gasteiger partial charge is 0.300 e. The van der Waals surface area contributed by atoms with Gasteiger partial charge in [-0.05, 0) is 12.8 Å². The van der Waals surface area contributed by atoms with E-state index in [0.29, 0.717) is 23.4 Å². The van der Waals surface area contributed by atoms with E-state index in [0.717, 1.165) is 21.8 Å². The first-order valence-electron chi connectivity index (χ1n) is 9.33. The topological polar surface area (TPSA) is 96.4 Å². The van der Waals surface area contributed by atoms with E-state index in [4.69, 9.17) is 0 Å². The van der Waals surface area contributed by atoms with Crippen molar-refractivity contribution in [3.8, 4) is 11.3 Å². The molecule has 29 heavy (non-hydrogen) atoms. The van der Waals surface area contributed by atoms with Crippen LogP contribution in [0.2, 0.25) is 0 Å². The van der Waals surface area contributed by atoms with Crippen molar-refractivity contribution >= 4 is 40.0 Å². The lowest BCUT2D eigenvalue weighted by Gasteiger charge is -2.14. The molecule has 0 radical (unpaired) electrons. The van der Waals surface area contributed by atoms with E-state index in [1.54, 1.807) is 0 Å². The Hall–Kier alpha value is -3.13. The van der Waals surface area contributed by atoms with Gasteiger partial charge >= 0.3 is 0 Å². The van der Waals surface area contributed by atoms with Crippen molar-refractivity contribution in [1.29, 1.82) is 0 Å². The lowest BCUT2D eigenvalue weighted by atomic mass is 9.85. The number of carbonyl (C=O) groups excluding carboxylic acids is 4. The van der Waals surface area contributed by atoms with Gasteiger partial charge in [0.15, 0.2) is 10.9 Å². The molecule has 2 aliphatic rings. The van der Waals surface area contributed by atoms with Crippen LogP contribution < -0.4 is 5.32 Å². The number of amides is 3. The van der Waals surface area contributed by atoms with Gasteiger partial charge in [-0.1, -0.05) is 53.8 Å². The number of hydrogen-bond acceptors (Lipinski definition) is 6. The molecule has 148 valence electrons. The zero-order chi connectivity index (χ0) is 20.5. The van der Waals surface area contributed by atoms with E-state index >= 15 is 0 Å². The molecule has 0 spiro atoms. The number of allylic oxidation sites excluding steroid dienone is 2. The molecule has 2 heterocycles. The summed E-state index contributed by atoms with van der Waals surface area (Å²) in [7, 11) is 0. The van der Waals surface area contributed by atoms with Crippen molar-refractivity contribution in [1.82, 2.24) is 9.88 Å². The molecule has 1 aliphatic carbocycles. The lowest BCUT2D eigenvalue weighted by molar-refractivity contribution is -0.142. The molecule has 7 nitrogen and oxygen atoms in total. The SMILES string of the molecule is CC(=O)c1sc(NC(=O)CN2C(=O)[C@H]3CC=CC[C@@H]3C2=O)nc1-c1ccccc1. The van der Waals surface area contributed by atoms with Crippen LogP contribution in [0.5, 0.6) is 0 Å². The van der Waals surface area contributed by atoms with Crippen LogP contribution in [0.3, 0.4) is 0 Å². The number of rotatable bonds is 5. The predicted octanol–water partition coefficient (Wildman–Crippen LogP) is 2.90. The molecular formula is C21H19N3O4S. The van der Waals surface area contributed by atoms with Crippen molar-refractivity contribution in [2.24, 2.45) is 11.8 Å². The number of anilines is 1. The number of carbonyl (C=O) groups is 4. The molecule has 8 heteroatoms. The number of thiazole rings is 1. The molecule has 3 amide bonds. The normalized spacial score (nSPS) is 20.7. The minimum atomic E-state index is -0.512. The number of Topliss-reactive ketones (excluding diaryl/α,β-unsaturated/α-hetero) is 1. The Morgan fingerprint density at radius 2 is 1.72 bits per heavy atom. The lowest BCUT2D eigenvalue weighted by Crippen LogP contribution is -2.38. The van der Waals surface area contributed by atoms with Gasteiger partial charge in [0.1, 0.15) is 6.54 Å². The first-order valence-corrected chi connectivity index (χ1v) is 10.1. The zero-order valence-electron chi connectivity index (χ0n) is 15.8. The van der Waals surface area contributed by atoms with Gasteiger partial charge in [0, 0.05) is 12.5 Å². The molecule has 1 N–H and O–H groups in total.